The van der Waals surface area contributed by atoms with Crippen LogP contribution in [0.25, 0.3) is 5.52 Å². The molecular weight excluding hydrogens is 156 g/mol. The van der Waals surface area contributed by atoms with E-state index in [-0.39, 0.29) is 5.82 Å². The molecule has 4 heteroatoms. The Hall–Kier alpha value is -1.84. The van der Waals surface area contributed by atoms with E-state index in [0.717, 1.165) is 5.52 Å². The average Bonchev–Trinajstić information content (AvgIpc) is 2.47. The fourth-order valence-electron chi connectivity index (χ4n) is 1.19. The first-order chi connectivity index (χ1) is 5.79. The summed E-state index contributed by atoms with van der Waals surface area (Å²) in [5.74, 6) is 0.102. The van der Waals surface area contributed by atoms with Crippen LogP contribution in [-0.4, -0.2) is 9.32 Å². The highest BCUT2D eigenvalue weighted by atomic mass is 16.6. The van der Waals surface area contributed by atoms with Gasteiger partial charge in [0.15, 0.2) is 0 Å². The molecule has 0 atom stereocenters. The van der Waals surface area contributed by atoms with Gasteiger partial charge in [0.05, 0.1) is 6.20 Å². The van der Waals surface area contributed by atoms with Gasteiger partial charge in [0.2, 0.25) is 0 Å². The molecule has 0 saturated heterocycles. The van der Waals surface area contributed by atoms with Gasteiger partial charge in [-0.05, 0) is 23.1 Å². The number of aromatic nitrogens is 1. The molecule has 2 aromatic heterocycles. The minimum atomic E-state index is -0.396. The van der Waals surface area contributed by atoms with Crippen LogP contribution in [0.5, 0.6) is 0 Å². The Kier molecular flexibility index (Phi) is 1.33. The normalized spacial score (nSPS) is 10.3. The SMILES string of the molecule is O=[N+]([O-])c1ccc2ccccn12. The van der Waals surface area contributed by atoms with Gasteiger partial charge in [-0.15, -0.1) is 0 Å². The van der Waals surface area contributed by atoms with Crippen LogP contribution in [0.2, 0.25) is 0 Å². The summed E-state index contributed by atoms with van der Waals surface area (Å²) in [7, 11) is 0. The third kappa shape index (κ3) is 0.852. The van der Waals surface area contributed by atoms with Crippen molar-refractivity contribution in [2.45, 2.75) is 0 Å². The maximum Gasteiger partial charge on any atom is 0.328 e. The van der Waals surface area contributed by atoms with E-state index >= 15 is 0 Å². The van der Waals surface area contributed by atoms with E-state index in [9.17, 15) is 10.1 Å². The Balaban J connectivity index is 2.79. The van der Waals surface area contributed by atoms with Crippen molar-refractivity contribution < 1.29 is 4.92 Å². The largest absolute Gasteiger partial charge is 0.358 e. The number of nitrogens with zero attached hydrogens (tertiary/aromatic N) is 2. The Bertz CT molecular complexity index is 433. The molecule has 0 unspecified atom stereocenters. The highest BCUT2D eigenvalue weighted by molar-refractivity contribution is 5.53. The molecule has 0 amide bonds. The van der Waals surface area contributed by atoms with E-state index in [2.05, 4.69) is 0 Å². The van der Waals surface area contributed by atoms with Crippen LogP contribution in [0.1, 0.15) is 0 Å². The summed E-state index contributed by atoms with van der Waals surface area (Å²) in [6.45, 7) is 0. The molecule has 0 aliphatic heterocycles. The second-order valence-corrected chi connectivity index (χ2v) is 2.44. The van der Waals surface area contributed by atoms with E-state index < -0.39 is 4.92 Å². The molecule has 0 aliphatic rings. The van der Waals surface area contributed by atoms with Crippen molar-refractivity contribution in [3.8, 4) is 0 Å². The van der Waals surface area contributed by atoms with Crippen molar-refractivity contribution in [1.29, 1.82) is 0 Å². The Morgan fingerprint density at radius 3 is 2.83 bits per heavy atom. The molecule has 0 spiro atoms. The summed E-state index contributed by atoms with van der Waals surface area (Å²) in [5.41, 5.74) is 0.837. The van der Waals surface area contributed by atoms with Crippen molar-refractivity contribution in [3.63, 3.8) is 0 Å². The zero-order chi connectivity index (χ0) is 8.55. The number of hydrogen-bond acceptors (Lipinski definition) is 2. The molecule has 12 heavy (non-hydrogen) atoms. The molecule has 2 rings (SSSR count). The lowest BCUT2D eigenvalue weighted by Gasteiger charge is -1.92. The fourth-order valence-corrected chi connectivity index (χ4v) is 1.19. The van der Waals surface area contributed by atoms with Crippen molar-refractivity contribution in [2.24, 2.45) is 0 Å². The summed E-state index contributed by atoms with van der Waals surface area (Å²) < 4.78 is 1.54. The van der Waals surface area contributed by atoms with Crippen molar-refractivity contribution in [3.05, 3.63) is 46.6 Å². The van der Waals surface area contributed by atoms with Gasteiger partial charge in [-0.2, -0.15) is 4.40 Å². The lowest BCUT2D eigenvalue weighted by Crippen LogP contribution is -1.92. The van der Waals surface area contributed by atoms with Gasteiger partial charge in [-0.25, -0.2) is 0 Å². The van der Waals surface area contributed by atoms with E-state index in [1.807, 2.05) is 12.1 Å². The molecule has 60 valence electrons. The summed E-state index contributed by atoms with van der Waals surface area (Å²) >= 11 is 0. The quantitative estimate of drug-likeness (QED) is 0.474. The molecule has 2 heterocycles. The monoisotopic (exact) mass is 162 g/mol. The molecule has 0 N–H and O–H groups in total. The molecule has 0 radical (unpaired) electrons. The molecular formula is C8H6N2O2. The molecule has 2 aromatic rings. The van der Waals surface area contributed by atoms with Crippen LogP contribution in [0.15, 0.2) is 36.5 Å². The topological polar surface area (TPSA) is 47.5 Å². The van der Waals surface area contributed by atoms with Crippen LogP contribution in [0.3, 0.4) is 0 Å². The van der Waals surface area contributed by atoms with Gasteiger partial charge in [0.25, 0.3) is 0 Å². The first kappa shape index (κ1) is 6.84. The molecule has 4 nitrogen and oxygen atoms in total. The number of fused-ring (bicyclic) bond motifs is 1. The van der Waals surface area contributed by atoms with Crippen LogP contribution in [0, 0.1) is 10.1 Å². The average molecular weight is 162 g/mol. The molecule has 0 aromatic carbocycles. The molecule has 0 saturated carbocycles. The summed E-state index contributed by atoms with van der Waals surface area (Å²) in [6.07, 6.45) is 1.67. The van der Waals surface area contributed by atoms with E-state index in [0.29, 0.717) is 0 Å². The second kappa shape index (κ2) is 2.34. The van der Waals surface area contributed by atoms with E-state index in [4.69, 9.17) is 0 Å². The summed E-state index contributed by atoms with van der Waals surface area (Å²) in [4.78, 5) is 10.1. The maximum atomic E-state index is 10.5. The predicted molar refractivity (Wildman–Crippen MR) is 44.1 cm³/mol. The van der Waals surface area contributed by atoms with Gasteiger partial charge in [-0.3, -0.25) is 0 Å². The van der Waals surface area contributed by atoms with Gasteiger partial charge in [0.1, 0.15) is 5.52 Å². The van der Waals surface area contributed by atoms with Crippen LogP contribution in [0.4, 0.5) is 5.82 Å². The van der Waals surface area contributed by atoms with Crippen molar-refractivity contribution in [2.75, 3.05) is 0 Å². The zero-order valence-electron chi connectivity index (χ0n) is 6.18. The lowest BCUT2D eigenvalue weighted by molar-refractivity contribution is -0.390. The Morgan fingerprint density at radius 2 is 2.08 bits per heavy atom. The summed E-state index contributed by atoms with van der Waals surface area (Å²) in [5, 5.41) is 10.5. The third-order valence-corrected chi connectivity index (χ3v) is 1.73. The van der Waals surface area contributed by atoms with Gasteiger partial charge in [0, 0.05) is 6.07 Å². The van der Waals surface area contributed by atoms with E-state index in [1.54, 1.807) is 22.7 Å². The number of hydrogen-bond donors (Lipinski definition) is 0. The Morgan fingerprint density at radius 1 is 1.25 bits per heavy atom. The van der Waals surface area contributed by atoms with Crippen LogP contribution < -0.4 is 0 Å². The lowest BCUT2D eigenvalue weighted by atomic mass is 10.4. The summed E-state index contributed by atoms with van der Waals surface area (Å²) in [6, 6.07) is 8.65. The first-order valence-electron chi connectivity index (χ1n) is 3.49. The fraction of sp³-hybridized carbons (Fsp3) is 0. The van der Waals surface area contributed by atoms with Gasteiger partial charge in [-0.1, -0.05) is 6.07 Å². The maximum absolute atomic E-state index is 10.5. The number of nitro groups is 1. The first-order valence-corrected chi connectivity index (χ1v) is 3.49. The number of rotatable bonds is 1. The standard InChI is InChI=1S/C8H6N2O2/c11-10(12)8-5-4-7-3-1-2-6-9(7)8/h1-6H. The predicted octanol–water partition coefficient (Wildman–Crippen LogP) is 1.85. The van der Waals surface area contributed by atoms with Gasteiger partial charge < -0.3 is 10.1 Å². The molecule has 0 aliphatic carbocycles. The molecule has 0 bridgehead atoms. The Labute approximate surface area is 68.2 Å². The van der Waals surface area contributed by atoms with Crippen LogP contribution in [-0.2, 0) is 0 Å². The number of pyridine rings is 1. The smallest absolute Gasteiger partial charge is 0.328 e. The highest BCUT2D eigenvalue weighted by Gasteiger charge is 2.09. The minimum Gasteiger partial charge on any atom is -0.358 e. The van der Waals surface area contributed by atoms with Gasteiger partial charge >= 0.3 is 5.82 Å². The van der Waals surface area contributed by atoms with Crippen LogP contribution >= 0.6 is 0 Å². The van der Waals surface area contributed by atoms with E-state index in [1.165, 1.54) is 6.07 Å². The highest BCUT2D eigenvalue weighted by Crippen LogP contribution is 2.15. The zero-order valence-corrected chi connectivity index (χ0v) is 6.18. The second-order valence-electron chi connectivity index (χ2n) is 2.44. The van der Waals surface area contributed by atoms with Crippen molar-refractivity contribution in [1.82, 2.24) is 4.40 Å². The minimum absolute atomic E-state index is 0.102. The molecule has 0 fully saturated rings. The van der Waals surface area contributed by atoms with Crippen molar-refractivity contribution >= 4 is 11.3 Å². The third-order valence-electron chi connectivity index (χ3n) is 1.73.